The third-order valence-corrected chi connectivity index (χ3v) is 4.07. The van der Waals surface area contributed by atoms with Crippen molar-refractivity contribution < 1.29 is 9.21 Å². The first-order chi connectivity index (χ1) is 12.0. The summed E-state index contributed by atoms with van der Waals surface area (Å²) in [6.07, 6.45) is 4.52. The second kappa shape index (κ2) is 5.26. The van der Waals surface area contributed by atoms with Crippen LogP contribution >= 0.6 is 0 Å². The van der Waals surface area contributed by atoms with Crippen LogP contribution in [-0.4, -0.2) is 30.1 Å². The Balaban J connectivity index is 1.87. The molecule has 0 fully saturated rings. The minimum absolute atomic E-state index is 0.142. The number of fused-ring (bicyclic) bond motifs is 2. The van der Waals surface area contributed by atoms with Crippen molar-refractivity contribution in [3.05, 3.63) is 52.2 Å². The number of anilines is 1. The largest absolute Gasteiger partial charge is 0.442 e. The third-order valence-electron chi connectivity index (χ3n) is 4.07. The van der Waals surface area contributed by atoms with Crippen molar-refractivity contribution in [2.24, 2.45) is 7.05 Å². The lowest BCUT2D eigenvalue weighted by atomic mass is 10.1. The molecule has 0 saturated carbocycles. The summed E-state index contributed by atoms with van der Waals surface area (Å²) in [5.74, 6) is -0.130. The Morgan fingerprint density at radius 1 is 1.28 bits per heavy atom. The van der Waals surface area contributed by atoms with Gasteiger partial charge in [-0.05, 0) is 25.5 Å². The van der Waals surface area contributed by atoms with Crippen LogP contribution in [0, 0.1) is 13.8 Å². The molecule has 0 bridgehead atoms. The zero-order chi connectivity index (χ0) is 17.7. The van der Waals surface area contributed by atoms with Crippen molar-refractivity contribution in [1.29, 1.82) is 0 Å². The lowest BCUT2D eigenvalue weighted by molar-refractivity contribution is 0.102. The monoisotopic (exact) mass is 338 g/mol. The van der Waals surface area contributed by atoms with E-state index in [1.54, 1.807) is 24.7 Å². The van der Waals surface area contributed by atoms with Crippen molar-refractivity contribution >= 4 is 28.3 Å². The van der Waals surface area contributed by atoms with Crippen LogP contribution in [0.25, 0.3) is 16.7 Å². The second-order valence-corrected chi connectivity index (χ2v) is 5.73. The molecule has 4 aromatic heterocycles. The molecular formula is C16H14N6O3. The summed E-state index contributed by atoms with van der Waals surface area (Å²) in [7, 11) is 1.57. The van der Waals surface area contributed by atoms with Crippen LogP contribution in [0.2, 0.25) is 0 Å². The molecule has 0 radical (unpaired) electrons. The smallest absolute Gasteiger partial charge is 0.265 e. The lowest BCUT2D eigenvalue weighted by Gasteiger charge is -2.09. The third kappa shape index (κ3) is 2.20. The number of aromatic nitrogens is 5. The van der Waals surface area contributed by atoms with Crippen molar-refractivity contribution in [3.8, 4) is 0 Å². The van der Waals surface area contributed by atoms with Crippen LogP contribution in [0.15, 0.2) is 34.1 Å². The highest BCUT2D eigenvalue weighted by atomic mass is 16.3. The molecule has 4 rings (SSSR count). The number of aryl methyl sites for hydroxylation is 3. The molecule has 4 aromatic rings. The molecule has 0 spiro atoms. The number of amides is 1. The summed E-state index contributed by atoms with van der Waals surface area (Å²) in [5, 5.41) is 7.04. The summed E-state index contributed by atoms with van der Waals surface area (Å²) in [6.45, 7) is 3.48. The number of pyridine rings is 1. The molecule has 0 atom stereocenters. The number of carbonyl (C=O) groups excluding carboxylic acids is 1. The molecule has 9 heteroatoms. The van der Waals surface area contributed by atoms with Gasteiger partial charge in [0.25, 0.3) is 11.5 Å². The number of carbonyl (C=O) groups is 1. The predicted octanol–water partition coefficient (Wildman–Crippen LogP) is 1.44. The topological polar surface area (TPSA) is 107 Å². The van der Waals surface area contributed by atoms with E-state index in [0.717, 1.165) is 5.56 Å². The average molecular weight is 338 g/mol. The van der Waals surface area contributed by atoms with Gasteiger partial charge in [0.1, 0.15) is 23.8 Å². The molecule has 0 saturated heterocycles. The highest BCUT2D eigenvalue weighted by Crippen LogP contribution is 2.24. The molecule has 1 amide bonds. The molecule has 0 aliphatic rings. The van der Waals surface area contributed by atoms with E-state index in [-0.39, 0.29) is 22.2 Å². The van der Waals surface area contributed by atoms with Crippen molar-refractivity contribution in [2.45, 2.75) is 13.8 Å². The maximum absolute atomic E-state index is 12.9. The molecule has 4 heterocycles. The van der Waals surface area contributed by atoms with E-state index in [0.29, 0.717) is 17.1 Å². The number of hydrogen-bond donors (Lipinski definition) is 1. The van der Waals surface area contributed by atoms with Crippen molar-refractivity contribution in [2.75, 3.05) is 5.32 Å². The summed E-state index contributed by atoms with van der Waals surface area (Å²) in [4.78, 5) is 33.5. The van der Waals surface area contributed by atoms with Gasteiger partial charge in [0.15, 0.2) is 5.65 Å². The molecule has 0 aliphatic carbocycles. The summed E-state index contributed by atoms with van der Waals surface area (Å²) >= 11 is 0. The summed E-state index contributed by atoms with van der Waals surface area (Å²) in [6, 6.07) is 1.82. The first-order valence-corrected chi connectivity index (χ1v) is 7.52. The Labute approximate surface area is 140 Å². The van der Waals surface area contributed by atoms with Gasteiger partial charge in [-0.2, -0.15) is 5.10 Å². The van der Waals surface area contributed by atoms with Gasteiger partial charge in [-0.15, -0.1) is 0 Å². The molecular weight excluding hydrogens is 324 g/mol. The lowest BCUT2D eigenvalue weighted by Crippen LogP contribution is -2.21. The van der Waals surface area contributed by atoms with E-state index in [4.69, 9.17) is 4.42 Å². The highest BCUT2D eigenvalue weighted by molar-refractivity contribution is 6.13. The number of nitrogens with one attached hydrogen (secondary N) is 1. The predicted molar refractivity (Wildman–Crippen MR) is 89.7 cm³/mol. The SMILES string of the molecule is Cc1ccn2ncnc2c1NC(=O)c1c(C)oc2ncn(C)c(=O)c12. The molecule has 126 valence electrons. The van der Waals surface area contributed by atoms with Crippen LogP contribution in [0.5, 0.6) is 0 Å². The van der Waals surface area contributed by atoms with Gasteiger partial charge in [-0.25, -0.2) is 14.5 Å². The Hall–Kier alpha value is -3.49. The standard InChI is InChI=1S/C16H14N6O3/c1-8-4-5-22-13(17-6-19-22)12(8)20-14(23)10-9(2)25-15-11(10)16(24)21(3)7-18-15/h4-7H,1-3H3,(H,20,23). The fourth-order valence-corrected chi connectivity index (χ4v) is 2.77. The van der Waals surface area contributed by atoms with Gasteiger partial charge in [-0.1, -0.05) is 0 Å². The number of furan rings is 1. The molecule has 0 aliphatic heterocycles. The quantitative estimate of drug-likeness (QED) is 0.592. The Morgan fingerprint density at radius 2 is 2.08 bits per heavy atom. The molecule has 9 nitrogen and oxygen atoms in total. The van der Waals surface area contributed by atoms with Crippen LogP contribution in [0.3, 0.4) is 0 Å². The van der Waals surface area contributed by atoms with Gasteiger partial charge in [0, 0.05) is 13.2 Å². The van der Waals surface area contributed by atoms with E-state index < -0.39 is 5.91 Å². The van der Waals surface area contributed by atoms with Crippen LogP contribution < -0.4 is 10.9 Å². The first-order valence-electron chi connectivity index (χ1n) is 7.52. The fourth-order valence-electron chi connectivity index (χ4n) is 2.77. The van der Waals surface area contributed by atoms with Crippen LogP contribution in [0.4, 0.5) is 5.69 Å². The van der Waals surface area contributed by atoms with Gasteiger partial charge in [0.05, 0.1) is 11.3 Å². The zero-order valence-electron chi connectivity index (χ0n) is 13.8. The van der Waals surface area contributed by atoms with E-state index in [1.165, 1.54) is 17.2 Å². The highest BCUT2D eigenvalue weighted by Gasteiger charge is 2.23. The fraction of sp³-hybridized carbons (Fsp3) is 0.188. The number of hydrogen-bond acceptors (Lipinski definition) is 6. The molecule has 0 unspecified atom stereocenters. The van der Waals surface area contributed by atoms with E-state index in [9.17, 15) is 9.59 Å². The van der Waals surface area contributed by atoms with Gasteiger partial charge >= 0.3 is 0 Å². The van der Waals surface area contributed by atoms with E-state index in [2.05, 4.69) is 20.4 Å². The van der Waals surface area contributed by atoms with Crippen LogP contribution in [-0.2, 0) is 7.05 Å². The average Bonchev–Trinajstić information content (AvgIpc) is 3.18. The summed E-state index contributed by atoms with van der Waals surface area (Å²) in [5.41, 5.74) is 1.84. The molecule has 0 aromatic carbocycles. The van der Waals surface area contributed by atoms with Gasteiger partial charge in [0.2, 0.25) is 5.71 Å². The van der Waals surface area contributed by atoms with E-state index >= 15 is 0 Å². The first kappa shape index (κ1) is 15.1. The Kier molecular flexibility index (Phi) is 3.17. The maximum Gasteiger partial charge on any atom is 0.265 e. The zero-order valence-corrected chi connectivity index (χ0v) is 13.8. The van der Waals surface area contributed by atoms with Gasteiger partial charge < -0.3 is 14.3 Å². The minimum Gasteiger partial charge on any atom is -0.442 e. The Bertz CT molecular complexity index is 1200. The van der Waals surface area contributed by atoms with E-state index in [1.807, 2.05) is 13.0 Å². The normalized spacial score (nSPS) is 11.3. The maximum atomic E-state index is 12.9. The van der Waals surface area contributed by atoms with Crippen molar-refractivity contribution in [3.63, 3.8) is 0 Å². The minimum atomic E-state index is -0.458. The van der Waals surface area contributed by atoms with Crippen molar-refractivity contribution in [1.82, 2.24) is 24.1 Å². The summed E-state index contributed by atoms with van der Waals surface area (Å²) < 4.78 is 8.34. The van der Waals surface area contributed by atoms with Gasteiger partial charge in [-0.3, -0.25) is 9.59 Å². The Morgan fingerprint density at radius 3 is 2.88 bits per heavy atom. The van der Waals surface area contributed by atoms with Crippen LogP contribution in [0.1, 0.15) is 21.7 Å². The molecule has 1 N–H and O–H groups in total. The molecule has 25 heavy (non-hydrogen) atoms. The second-order valence-electron chi connectivity index (χ2n) is 5.73. The number of nitrogens with zero attached hydrogens (tertiary/aromatic N) is 5. The number of rotatable bonds is 2.